The van der Waals surface area contributed by atoms with Crippen molar-refractivity contribution in [2.75, 3.05) is 17.2 Å². The molecule has 114 valence electrons. The van der Waals surface area contributed by atoms with Gasteiger partial charge in [0.1, 0.15) is 5.75 Å². The number of fused-ring (bicyclic) bond motifs is 1. The monoisotopic (exact) mass is 290 g/mol. The van der Waals surface area contributed by atoms with Gasteiger partial charge in [-0.1, -0.05) is 0 Å². The van der Waals surface area contributed by atoms with Crippen LogP contribution in [0.15, 0.2) is 18.2 Å². The Hall–Kier alpha value is -1.75. The second-order valence-electron chi connectivity index (χ2n) is 6.91. The third-order valence-electron chi connectivity index (χ3n) is 4.03. The van der Waals surface area contributed by atoms with E-state index in [0.717, 1.165) is 12.1 Å². The molecule has 0 aromatic heterocycles. The van der Waals surface area contributed by atoms with E-state index in [1.165, 1.54) is 0 Å². The van der Waals surface area contributed by atoms with Crippen LogP contribution in [0, 0.1) is 0 Å². The van der Waals surface area contributed by atoms with E-state index in [-0.39, 0.29) is 29.8 Å². The largest absolute Gasteiger partial charge is 0.482 e. The normalized spacial score (nSPS) is 25.7. The third-order valence-corrected chi connectivity index (χ3v) is 4.03. The first-order valence-corrected chi connectivity index (χ1v) is 7.29. The second-order valence-corrected chi connectivity index (χ2v) is 6.91. The maximum Gasteiger partial charge on any atom is 0.262 e. The summed E-state index contributed by atoms with van der Waals surface area (Å²) in [6.07, 6.45) is 0.930. The predicted octanol–water partition coefficient (Wildman–Crippen LogP) is 2.78. The van der Waals surface area contributed by atoms with E-state index >= 15 is 0 Å². The van der Waals surface area contributed by atoms with Crippen LogP contribution in [0.25, 0.3) is 0 Å². The fourth-order valence-corrected chi connectivity index (χ4v) is 3.16. The average molecular weight is 290 g/mol. The first-order chi connectivity index (χ1) is 9.75. The molecule has 0 spiro atoms. The maximum atomic E-state index is 11.4. The van der Waals surface area contributed by atoms with Crippen molar-refractivity contribution in [1.82, 2.24) is 0 Å². The Bertz CT molecular complexity index is 581. The minimum absolute atomic E-state index is 0.0808. The maximum absolute atomic E-state index is 11.4. The molecule has 2 N–H and O–H groups in total. The van der Waals surface area contributed by atoms with Gasteiger partial charge in [-0.15, -0.1) is 0 Å². The van der Waals surface area contributed by atoms with Gasteiger partial charge in [0.25, 0.3) is 5.91 Å². The SMILES string of the molecule is CC1(C)CC(Nc2ccc3c(c2)NC(=O)CO3)C(C)(C)O1. The molecule has 1 amide bonds. The molecule has 5 heteroatoms. The molecule has 1 saturated heterocycles. The van der Waals surface area contributed by atoms with Crippen LogP contribution in [0.1, 0.15) is 34.1 Å². The lowest BCUT2D eigenvalue weighted by atomic mass is 9.94. The number of nitrogens with one attached hydrogen (secondary N) is 2. The highest BCUT2D eigenvalue weighted by atomic mass is 16.5. The molecule has 1 fully saturated rings. The molecular weight excluding hydrogens is 268 g/mol. The highest BCUT2D eigenvalue weighted by molar-refractivity contribution is 5.96. The van der Waals surface area contributed by atoms with Crippen molar-refractivity contribution in [2.24, 2.45) is 0 Å². The Morgan fingerprint density at radius 3 is 2.71 bits per heavy atom. The Kier molecular flexibility index (Phi) is 3.13. The van der Waals surface area contributed by atoms with E-state index in [1.807, 2.05) is 18.2 Å². The summed E-state index contributed by atoms with van der Waals surface area (Å²) in [6.45, 7) is 8.50. The van der Waals surface area contributed by atoms with Crippen molar-refractivity contribution in [2.45, 2.75) is 51.4 Å². The topological polar surface area (TPSA) is 59.6 Å². The lowest BCUT2D eigenvalue weighted by Gasteiger charge is -2.28. The molecule has 1 aromatic rings. The first kappa shape index (κ1) is 14.2. The van der Waals surface area contributed by atoms with Gasteiger partial charge in [0.2, 0.25) is 0 Å². The van der Waals surface area contributed by atoms with E-state index in [9.17, 15) is 4.79 Å². The molecular formula is C16H22N2O3. The smallest absolute Gasteiger partial charge is 0.262 e. The highest BCUT2D eigenvalue weighted by Gasteiger charge is 2.45. The van der Waals surface area contributed by atoms with Gasteiger partial charge in [0, 0.05) is 5.69 Å². The molecule has 3 rings (SSSR count). The van der Waals surface area contributed by atoms with Crippen LogP contribution in [-0.2, 0) is 9.53 Å². The number of hydrogen-bond acceptors (Lipinski definition) is 4. The zero-order chi connectivity index (χ0) is 15.3. The van der Waals surface area contributed by atoms with Crippen molar-refractivity contribution in [1.29, 1.82) is 0 Å². The number of anilines is 2. The number of carbonyl (C=O) groups is 1. The minimum Gasteiger partial charge on any atom is -0.482 e. The molecule has 1 aromatic carbocycles. The molecule has 1 unspecified atom stereocenters. The molecule has 1 atom stereocenters. The van der Waals surface area contributed by atoms with Crippen LogP contribution < -0.4 is 15.4 Å². The summed E-state index contributed by atoms with van der Waals surface area (Å²) in [5.74, 6) is 0.590. The Morgan fingerprint density at radius 1 is 1.29 bits per heavy atom. The second kappa shape index (κ2) is 4.63. The van der Waals surface area contributed by atoms with Crippen LogP contribution in [-0.4, -0.2) is 29.8 Å². The molecule has 0 bridgehead atoms. The molecule has 2 heterocycles. The molecule has 0 radical (unpaired) electrons. The zero-order valence-corrected chi connectivity index (χ0v) is 12.9. The number of hydrogen-bond donors (Lipinski definition) is 2. The number of carbonyl (C=O) groups excluding carboxylic acids is 1. The molecule has 21 heavy (non-hydrogen) atoms. The Labute approximate surface area is 125 Å². The Balaban J connectivity index is 1.80. The van der Waals surface area contributed by atoms with E-state index in [1.54, 1.807) is 0 Å². The van der Waals surface area contributed by atoms with Gasteiger partial charge >= 0.3 is 0 Å². The fraction of sp³-hybridized carbons (Fsp3) is 0.562. The molecule has 2 aliphatic heterocycles. The molecule has 0 aliphatic carbocycles. The van der Waals surface area contributed by atoms with Crippen LogP contribution in [0.2, 0.25) is 0 Å². The van der Waals surface area contributed by atoms with Gasteiger partial charge in [-0.05, 0) is 52.3 Å². The lowest BCUT2D eigenvalue weighted by molar-refractivity contribution is -0.118. The summed E-state index contributed by atoms with van der Waals surface area (Å²) in [4.78, 5) is 11.4. The first-order valence-electron chi connectivity index (χ1n) is 7.29. The van der Waals surface area contributed by atoms with Crippen molar-refractivity contribution >= 4 is 17.3 Å². The van der Waals surface area contributed by atoms with Crippen LogP contribution >= 0.6 is 0 Å². The number of rotatable bonds is 2. The fourth-order valence-electron chi connectivity index (χ4n) is 3.16. The van der Waals surface area contributed by atoms with Gasteiger partial charge < -0.3 is 20.1 Å². The predicted molar refractivity (Wildman–Crippen MR) is 81.8 cm³/mol. The molecule has 2 aliphatic rings. The van der Waals surface area contributed by atoms with E-state index < -0.39 is 0 Å². The molecule has 5 nitrogen and oxygen atoms in total. The number of amides is 1. The minimum atomic E-state index is -0.237. The summed E-state index contributed by atoms with van der Waals surface area (Å²) in [5.41, 5.74) is 1.30. The van der Waals surface area contributed by atoms with Gasteiger partial charge in [0.15, 0.2) is 6.61 Å². The van der Waals surface area contributed by atoms with E-state index in [0.29, 0.717) is 11.4 Å². The number of ether oxygens (including phenoxy) is 2. The van der Waals surface area contributed by atoms with Crippen molar-refractivity contribution in [3.05, 3.63) is 18.2 Å². The highest BCUT2D eigenvalue weighted by Crippen LogP contribution is 2.39. The van der Waals surface area contributed by atoms with Crippen LogP contribution in [0.5, 0.6) is 5.75 Å². The summed E-state index contributed by atoms with van der Waals surface area (Å²) < 4.78 is 11.5. The average Bonchev–Trinajstić information content (AvgIpc) is 2.56. The summed E-state index contributed by atoms with van der Waals surface area (Å²) in [5, 5.41) is 6.35. The summed E-state index contributed by atoms with van der Waals surface area (Å²) in [7, 11) is 0. The summed E-state index contributed by atoms with van der Waals surface area (Å²) in [6, 6.07) is 5.97. The van der Waals surface area contributed by atoms with Crippen LogP contribution in [0.3, 0.4) is 0 Å². The van der Waals surface area contributed by atoms with Gasteiger partial charge in [-0.2, -0.15) is 0 Å². The van der Waals surface area contributed by atoms with Gasteiger partial charge in [-0.25, -0.2) is 0 Å². The van der Waals surface area contributed by atoms with E-state index in [4.69, 9.17) is 9.47 Å². The zero-order valence-electron chi connectivity index (χ0n) is 12.9. The molecule has 0 saturated carbocycles. The van der Waals surface area contributed by atoms with Crippen LogP contribution in [0.4, 0.5) is 11.4 Å². The summed E-state index contributed by atoms with van der Waals surface area (Å²) >= 11 is 0. The Morgan fingerprint density at radius 2 is 2.05 bits per heavy atom. The van der Waals surface area contributed by atoms with E-state index in [2.05, 4.69) is 38.3 Å². The van der Waals surface area contributed by atoms with Crippen molar-refractivity contribution in [3.63, 3.8) is 0 Å². The van der Waals surface area contributed by atoms with Gasteiger partial charge in [-0.3, -0.25) is 4.79 Å². The quantitative estimate of drug-likeness (QED) is 0.879. The lowest BCUT2D eigenvalue weighted by Crippen LogP contribution is -2.38. The van der Waals surface area contributed by atoms with Crippen molar-refractivity contribution in [3.8, 4) is 5.75 Å². The van der Waals surface area contributed by atoms with Crippen molar-refractivity contribution < 1.29 is 14.3 Å². The van der Waals surface area contributed by atoms with Gasteiger partial charge in [0.05, 0.1) is 22.9 Å². The third kappa shape index (κ3) is 2.83. The number of benzene rings is 1. The standard InChI is InChI=1S/C16H22N2O3/c1-15(2)8-13(16(3,4)21-15)17-10-5-6-12-11(7-10)18-14(19)9-20-12/h5-7,13,17H,8-9H2,1-4H3,(H,18,19).